The number of nitrogens with zero attached hydrogens (tertiary/aromatic N) is 3. The molecule has 0 unspecified atom stereocenters. The van der Waals surface area contributed by atoms with E-state index in [1.54, 1.807) is 19.2 Å². The first-order valence-electron chi connectivity index (χ1n) is 8.70. The summed E-state index contributed by atoms with van der Waals surface area (Å²) in [6.45, 7) is 1.34. The number of aromatic nitrogens is 3. The maximum Gasteiger partial charge on any atom is 0.573 e. The molecule has 0 radical (unpaired) electrons. The van der Waals surface area contributed by atoms with Gasteiger partial charge in [-0.2, -0.15) is 5.10 Å². The van der Waals surface area contributed by atoms with E-state index in [9.17, 15) is 23.1 Å². The number of aliphatic hydroxyl groups excluding tert-OH is 1. The summed E-state index contributed by atoms with van der Waals surface area (Å²) < 4.78 is 49.8. The van der Waals surface area contributed by atoms with E-state index in [0.717, 1.165) is 6.07 Å². The number of hydrogen-bond donors (Lipinski definition) is 1. The summed E-state index contributed by atoms with van der Waals surface area (Å²) >= 11 is 0. The summed E-state index contributed by atoms with van der Waals surface area (Å²) in [5.74, 6) is -0.777. The first kappa shape index (κ1) is 19.2. The normalized spacial score (nSPS) is 18.5. The minimum absolute atomic E-state index is 0.0622. The van der Waals surface area contributed by atoms with Crippen molar-refractivity contribution in [3.8, 4) is 11.5 Å². The van der Waals surface area contributed by atoms with Crippen LogP contribution < -0.4 is 9.47 Å². The Morgan fingerprint density at radius 3 is 2.93 bits per heavy atom. The lowest BCUT2D eigenvalue weighted by Gasteiger charge is -2.20. The van der Waals surface area contributed by atoms with Crippen molar-refractivity contribution in [1.82, 2.24) is 14.6 Å². The Hall–Kier alpha value is -3.14. The van der Waals surface area contributed by atoms with E-state index < -0.39 is 23.5 Å². The highest BCUT2D eigenvalue weighted by molar-refractivity contribution is 6.02. The van der Waals surface area contributed by atoms with Crippen LogP contribution in [0.1, 0.15) is 28.4 Å². The maximum absolute atomic E-state index is 12.9. The molecule has 0 saturated heterocycles. The highest BCUT2D eigenvalue weighted by Gasteiger charge is 2.38. The van der Waals surface area contributed by atoms with Gasteiger partial charge in [-0.1, -0.05) is 0 Å². The number of benzene rings is 1. The van der Waals surface area contributed by atoms with Crippen LogP contribution in [0.5, 0.6) is 11.5 Å². The minimum atomic E-state index is -4.93. The third kappa shape index (κ3) is 3.75. The predicted molar refractivity (Wildman–Crippen MR) is 94.0 cm³/mol. The number of carbonyl (C=O) groups excluding carboxylic acids is 1. The molecule has 4 rings (SSSR count). The molecule has 0 spiro atoms. The molecule has 0 amide bonds. The molecule has 3 aromatic rings. The standard InChI is InChI=1S/C19H16F3N3O4/c1-18(10-26)8-12-5-11(15(7-16(12)28-18)29-19(20,21)22)6-14(27)13-9-24-25-4-2-3-23-17(13)25/h2-5,7,9,26H,6,8,10H2,1H3/t18-/m0/s1. The van der Waals surface area contributed by atoms with Gasteiger partial charge < -0.3 is 14.6 Å². The summed E-state index contributed by atoms with van der Waals surface area (Å²) in [4.78, 5) is 16.9. The fourth-order valence-electron chi connectivity index (χ4n) is 3.33. The van der Waals surface area contributed by atoms with E-state index in [1.807, 2.05) is 0 Å². The molecule has 2 aromatic heterocycles. The number of Topliss-reactive ketones (excluding diaryl/α,β-unsaturated/α-hetero) is 1. The number of rotatable bonds is 5. The van der Waals surface area contributed by atoms with Gasteiger partial charge in [-0.3, -0.25) is 4.79 Å². The second-order valence-electron chi connectivity index (χ2n) is 7.05. The second-order valence-corrected chi connectivity index (χ2v) is 7.05. The summed E-state index contributed by atoms with van der Waals surface area (Å²) in [5.41, 5.74) is 0.227. The molecule has 29 heavy (non-hydrogen) atoms. The Morgan fingerprint density at radius 2 is 2.21 bits per heavy atom. The van der Waals surface area contributed by atoms with Crippen LogP contribution >= 0.6 is 0 Å². The van der Waals surface area contributed by atoms with Crippen LogP contribution in [0.4, 0.5) is 13.2 Å². The lowest BCUT2D eigenvalue weighted by atomic mass is 9.96. The Bertz CT molecular complexity index is 1100. The van der Waals surface area contributed by atoms with Crippen molar-refractivity contribution in [2.45, 2.75) is 31.7 Å². The maximum atomic E-state index is 12.9. The van der Waals surface area contributed by atoms with Gasteiger partial charge in [0.1, 0.15) is 17.1 Å². The Labute approximate surface area is 162 Å². The Balaban J connectivity index is 1.70. The molecule has 1 aliphatic rings. The van der Waals surface area contributed by atoms with E-state index in [1.165, 1.54) is 23.0 Å². The quantitative estimate of drug-likeness (QED) is 0.655. The molecular weight excluding hydrogens is 391 g/mol. The van der Waals surface area contributed by atoms with Crippen LogP contribution in [-0.2, 0) is 12.8 Å². The van der Waals surface area contributed by atoms with Gasteiger partial charge in [0.25, 0.3) is 0 Å². The first-order valence-corrected chi connectivity index (χ1v) is 8.70. The van der Waals surface area contributed by atoms with E-state index >= 15 is 0 Å². The van der Waals surface area contributed by atoms with Crippen LogP contribution in [0, 0.1) is 0 Å². The molecule has 152 valence electrons. The highest BCUT2D eigenvalue weighted by Crippen LogP contribution is 2.41. The zero-order chi connectivity index (χ0) is 20.8. The summed E-state index contributed by atoms with van der Waals surface area (Å²) in [7, 11) is 0. The minimum Gasteiger partial charge on any atom is -0.484 e. The molecule has 1 aromatic carbocycles. The SMILES string of the molecule is C[C@@]1(CO)Cc2cc(CC(=O)c3cnn4cccnc34)c(OC(F)(F)F)cc2O1. The van der Waals surface area contributed by atoms with Crippen molar-refractivity contribution >= 4 is 11.4 Å². The van der Waals surface area contributed by atoms with Crippen molar-refractivity contribution in [3.63, 3.8) is 0 Å². The zero-order valence-corrected chi connectivity index (χ0v) is 15.2. The number of alkyl halides is 3. The number of ether oxygens (including phenoxy) is 2. The average Bonchev–Trinajstić information content (AvgIpc) is 3.21. The van der Waals surface area contributed by atoms with Gasteiger partial charge in [0.05, 0.1) is 18.4 Å². The van der Waals surface area contributed by atoms with Gasteiger partial charge in [0.2, 0.25) is 0 Å². The fraction of sp³-hybridized carbons (Fsp3) is 0.316. The van der Waals surface area contributed by atoms with Crippen LogP contribution in [0.15, 0.2) is 36.8 Å². The number of carbonyl (C=O) groups is 1. The fourth-order valence-corrected chi connectivity index (χ4v) is 3.33. The smallest absolute Gasteiger partial charge is 0.484 e. The summed E-state index contributed by atoms with van der Waals surface area (Å²) in [5, 5.41) is 13.5. The van der Waals surface area contributed by atoms with Gasteiger partial charge in [0, 0.05) is 36.9 Å². The second kappa shape index (κ2) is 6.73. The average molecular weight is 407 g/mol. The van der Waals surface area contributed by atoms with E-state index in [0.29, 0.717) is 17.6 Å². The van der Waals surface area contributed by atoms with E-state index in [4.69, 9.17) is 4.74 Å². The molecule has 0 aliphatic carbocycles. The van der Waals surface area contributed by atoms with Gasteiger partial charge in [0.15, 0.2) is 11.4 Å². The predicted octanol–water partition coefficient (Wildman–Crippen LogP) is 2.74. The summed E-state index contributed by atoms with van der Waals surface area (Å²) in [6.07, 6.45) is -0.545. The van der Waals surface area contributed by atoms with Crippen molar-refractivity contribution in [2.24, 2.45) is 0 Å². The van der Waals surface area contributed by atoms with Crippen molar-refractivity contribution < 1.29 is 32.5 Å². The third-order valence-corrected chi connectivity index (χ3v) is 4.66. The summed E-state index contributed by atoms with van der Waals surface area (Å²) in [6, 6.07) is 4.21. The highest BCUT2D eigenvalue weighted by atomic mass is 19.4. The molecule has 3 heterocycles. The van der Waals surface area contributed by atoms with Crippen LogP contribution in [0.25, 0.3) is 5.65 Å². The molecule has 7 nitrogen and oxygen atoms in total. The van der Waals surface area contributed by atoms with Gasteiger partial charge in [-0.15, -0.1) is 13.2 Å². The molecular formula is C19H16F3N3O4. The van der Waals surface area contributed by atoms with E-state index in [-0.39, 0.29) is 29.9 Å². The molecule has 0 saturated carbocycles. The number of hydrogen-bond acceptors (Lipinski definition) is 6. The molecule has 1 aliphatic heterocycles. The van der Waals surface area contributed by atoms with Gasteiger partial charge >= 0.3 is 6.36 Å². The largest absolute Gasteiger partial charge is 0.573 e. The van der Waals surface area contributed by atoms with Gasteiger partial charge in [-0.05, 0) is 24.6 Å². The Kier molecular flexibility index (Phi) is 4.45. The van der Waals surface area contributed by atoms with Crippen molar-refractivity contribution in [2.75, 3.05) is 6.61 Å². The third-order valence-electron chi connectivity index (χ3n) is 4.66. The van der Waals surface area contributed by atoms with Crippen LogP contribution in [0.2, 0.25) is 0 Å². The Morgan fingerprint density at radius 1 is 1.41 bits per heavy atom. The molecule has 0 bridgehead atoms. The lowest BCUT2D eigenvalue weighted by molar-refractivity contribution is -0.274. The van der Waals surface area contributed by atoms with Crippen molar-refractivity contribution in [3.05, 3.63) is 53.5 Å². The molecule has 1 atom stereocenters. The molecule has 1 N–H and O–H groups in total. The number of fused-ring (bicyclic) bond motifs is 2. The van der Waals surface area contributed by atoms with Gasteiger partial charge in [-0.25, -0.2) is 9.50 Å². The number of halogens is 3. The molecule has 0 fully saturated rings. The first-order chi connectivity index (χ1) is 13.7. The molecule has 10 heteroatoms. The van der Waals surface area contributed by atoms with Crippen LogP contribution in [-0.4, -0.2) is 44.1 Å². The zero-order valence-electron chi connectivity index (χ0n) is 15.2. The van der Waals surface area contributed by atoms with E-state index in [2.05, 4.69) is 14.8 Å². The number of ketones is 1. The van der Waals surface area contributed by atoms with Crippen LogP contribution in [0.3, 0.4) is 0 Å². The van der Waals surface area contributed by atoms with Crippen molar-refractivity contribution in [1.29, 1.82) is 0 Å². The number of aliphatic hydroxyl groups is 1. The topological polar surface area (TPSA) is 86.0 Å². The monoisotopic (exact) mass is 407 g/mol. The lowest BCUT2D eigenvalue weighted by Crippen LogP contribution is -2.34.